The highest BCUT2D eigenvalue weighted by atomic mass is 16.6. The Morgan fingerprint density at radius 1 is 1.11 bits per heavy atom. The Bertz CT molecular complexity index is 1130. The molecule has 0 spiro atoms. The molecule has 142 valence electrons. The standard InChI is InChI=1S/C18H17N7O3/c19-17-20-14-12(15(26)21-17)13(23-25(14)10-6-4-5-7-10)16-22-18(24-28-16)27-11-8-2-1-3-9-11/h1-3,8-10H,4-7H2,(H3,19,20,21,26). The van der Waals surface area contributed by atoms with Gasteiger partial charge in [0.15, 0.2) is 11.3 Å². The van der Waals surface area contributed by atoms with E-state index in [4.69, 9.17) is 15.0 Å². The van der Waals surface area contributed by atoms with Crippen molar-refractivity contribution in [2.24, 2.45) is 0 Å². The lowest BCUT2D eigenvalue weighted by Gasteiger charge is -2.10. The molecule has 3 aromatic heterocycles. The second-order valence-electron chi connectivity index (χ2n) is 6.63. The lowest BCUT2D eigenvalue weighted by molar-refractivity contribution is 0.370. The lowest BCUT2D eigenvalue weighted by atomic mass is 10.2. The van der Waals surface area contributed by atoms with Crippen LogP contribution in [0.5, 0.6) is 17.6 Å². The third-order valence-electron chi connectivity index (χ3n) is 4.78. The maximum Gasteiger partial charge on any atom is 0.360 e. The zero-order chi connectivity index (χ0) is 19.1. The summed E-state index contributed by atoms with van der Waals surface area (Å²) in [6, 6.07) is 9.34. The van der Waals surface area contributed by atoms with Gasteiger partial charge in [-0.3, -0.25) is 0 Å². The first-order valence-electron chi connectivity index (χ1n) is 9.01. The van der Waals surface area contributed by atoms with Crippen LogP contribution in [0.3, 0.4) is 0 Å². The van der Waals surface area contributed by atoms with Gasteiger partial charge in [0.2, 0.25) is 11.8 Å². The first kappa shape index (κ1) is 16.5. The quantitative estimate of drug-likeness (QED) is 0.547. The van der Waals surface area contributed by atoms with Crippen molar-refractivity contribution in [2.45, 2.75) is 31.7 Å². The van der Waals surface area contributed by atoms with E-state index < -0.39 is 0 Å². The number of ether oxygens (including phenoxy) is 1. The largest absolute Gasteiger partial charge is 0.493 e. The highest BCUT2D eigenvalue weighted by Crippen LogP contribution is 2.38. The summed E-state index contributed by atoms with van der Waals surface area (Å²) in [5, 5.41) is 19.2. The normalized spacial score (nSPS) is 14.7. The van der Waals surface area contributed by atoms with Gasteiger partial charge in [0.25, 0.3) is 5.89 Å². The molecular weight excluding hydrogens is 362 g/mol. The predicted molar refractivity (Wildman–Crippen MR) is 98.7 cm³/mol. The molecule has 1 aliphatic carbocycles. The molecule has 1 aliphatic rings. The van der Waals surface area contributed by atoms with Crippen molar-refractivity contribution in [1.82, 2.24) is 29.9 Å². The number of nitrogens with zero attached hydrogens (tertiary/aromatic N) is 6. The van der Waals surface area contributed by atoms with Gasteiger partial charge < -0.3 is 20.1 Å². The van der Waals surface area contributed by atoms with E-state index in [9.17, 15) is 5.11 Å². The van der Waals surface area contributed by atoms with Gasteiger partial charge in [0, 0.05) is 0 Å². The molecule has 1 saturated carbocycles. The van der Waals surface area contributed by atoms with Gasteiger partial charge >= 0.3 is 6.01 Å². The van der Waals surface area contributed by atoms with E-state index in [-0.39, 0.29) is 29.8 Å². The molecule has 0 atom stereocenters. The van der Waals surface area contributed by atoms with Gasteiger partial charge in [-0.2, -0.15) is 20.1 Å². The number of rotatable bonds is 4. The van der Waals surface area contributed by atoms with E-state index in [0.717, 1.165) is 25.7 Å². The van der Waals surface area contributed by atoms with Crippen LogP contribution in [0.25, 0.3) is 22.6 Å². The molecule has 3 N–H and O–H groups in total. The Kier molecular flexibility index (Phi) is 3.81. The second-order valence-corrected chi connectivity index (χ2v) is 6.63. The number of benzene rings is 1. The van der Waals surface area contributed by atoms with Crippen LogP contribution in [0.15, 0.2) is 34.9 Å². The number of aromatic hydroxyl groups is 1. The number of aromatic nitrogens is 6. The topological polar surface area (TPSA) is 138 Å². The molecule has 1 fully saturated rings. The van der Waals surface area contributed by atoms with Crippen LogP contribution in [-0.2, 0) is 0 Å². The van der Waals surface area contributed by atoms with Crippen LogP contribution >= 0.6 is 0 Å². The van der Waals surface area contributed by atoms with Gasteiger partial charge in [0.05, 0.1) is 6.04 Å². The highest BCUT2D eigenvalue weighted by molar-refractivity contribution is 5.93. The molecule has 0 amide bonds. The number of hydrogen-bond acceptors (Lipinski definition) is 9. The fourth-order valence-electron chi connectivity index (χ4n) is 3.53. The minimum atomic E-state index is -0.273. The van der Waals surface area contributed by atoms with Gasteiger partial charge in [-0.25, -0.2) is 4.68 Å². The smallest absolute Gasteiger partial charge is 0.360 e. The first-order valence-corrected chi connectivity index (χ1v) is 9.01. The van der Waals surface area contributed by atoms with Crippen LogP contribution in [-0.4, -0.2) is 35.0 Å². The van der Waals surface area contributed by atoms with Crippen LogP contribution < -0.4 is 10.5 Å². The Hall–Kier alpha value is -3.69. The summed E-state index contributed by atoms with van der Waals surface area (Å²) in [5.74, 6) is 0.395. The summed E-state index contributed by atoms with van der Waals surface area (Å²) in [7, 11) is 0. The van der Waals surface area contributed by atoms with Crippen LogP contribution in [0.2, 0.25) is 0 Å². The molecule has 0 saturated heterocycles. The Morgan fingerprint density at radius 3 is 2.68 bits per heavy atom. The van der Waals surface area contributed by atoms with Crippen molar-refractivity contribution in [1.29, 1.82) is 0 Å². The molecule has 0 unspecified atom stereocenters. The monoisotopic (exact) mass is 379 g/mol. The average molecular weight is 379 g/mol. The van der Waals surface area contributed by atoms with Crippen molar-refractivity contribution >= 4 is 17.0 Å². The summed E-state index contributed by atoms with van der Waals surface area (Å²) in [5.41, 5.74) is 6.49. The maximum absolute atomic E-state index is 10.4. The van der Waals surface area contributed by atoms with Gasteiger partial charge in [-0.1, -0.05) is 31.0 Å². The van der Waals surface area contributed by atoms with Crippen molar-refractivity contribution in [2.75, 3.05) is 5.73 Å². The number of nitrogen functional groups attached to an aromatic ring is 1. The van der Waals surface area contributed by atoms with E-state index >= 15 is 0 Å². The Labute approximate surface area is 159 Å². The zero-order valence-corrected chi connectivity index (χ0v) is 14.8. The van der Waals surface area contributed by atoms with E-state index in [2.05, 4.69) is 25.2 Å². The number of anilines is 1. The van der Waals surface area contributed by atoms with Crippen LogP contribution in [0, 0.1) is 0 Å². The average Bonchev–Trinajstić information content (AvgIpc) is 3.41. The second kappa shape index (κ2) is 6.48. The summed E-state index contributed by atoms with van der Waals surface area (Å²) >= 11 is 0. The van der Waals surface area contributed by atoms with Gasteiger partial charge in [-0.05, 0) is 30.1 Å². The Balaban J connectivity index is 1.59. The summed E-state index contributed by atoms with van der Waals surface area (Å²) in [6.07, 6.45) is 4.19. The van der Waals surface area contributed by atoms with E-state index in [1.165, 1.54) is 0 Å². The first-order chi connectivity index (χ1) is 13.7. The molecule has 1 aromatic carbocycles. The number of para-hydroxylation sites is 1. The van der Waals surface area contributed by atoms with E-state index in [0.29, 0.717) is 22.5 Å². The van der Waals surface area contributed by atoms with Crippen molar-refractivity contribution in [3.8, 4) is 29.2 Å². The number of fused-ring (bicyclic) bond motifs is 1. The summed E-state index contributed by atoms with van der Waals surface area (Å²) in [4.78, 5) is 12.4. The fraction of sp³-hybridized carbons (Fsp3) is 0.278. The van der Waals surface area contributed by atoms with E-state index in [1.807, 2.05) is 18.2 Å². The molecule has 10 heteroatoms. The van der Waals surface area contributed by atoms with Crippen LogP contribution in [0.4, 0.5) is 5.95 Å². The lowest BCUT2D eigenvalue weighted by Crippen LogP contribution is -2.08. The van der Waals surface area contributed by atoms with Gasteiger partial charge in [0.1, 0.15) is 11.1 Å². The molecule has 0 bridgehead atoms. The third kappa shape index (κ3) is 2.79. The molecular formula is C18H17N7O3. The fourth-order valence-corrected chi connectivity index (χ4v) is 3.53. The molecule has 10 nitrogen and oxygen atoms in total. The molecule has 0 aliphatic heterocycles. The molecule has 5 rings (SSSR count). The van der Waals surface area contributed by atoms with Gasteiger partial charge in [-0.15, -0.1) is 0 Å². The molecule has 0 radical (unpaired) electrons. The van der Waals surface area contributed by atoms with Crippen LogP contribution in [0.1, 0.15) is 31.7 Å². The highest BCUT2D eigenvalue weighted by Gasteiger charge is 2.28. The molecule has 28 heavy (non-hydrogen) atoms. The molecule has 4 aromatic rings. The predicted octanol–water partition coefficient (Wildman–Crippen LogP) is 3.07. The SMILES string of the molecule is Nc1nc(O)c2c(-c3nc(Oc4ccccc4)no3)nn(C3CCCC3)c2n1. The van der Waals surface area contributed by atoms with Crippen molar-refractivity contribution in [3.63, 3.8) is 0 Å². The van der Waals surface area contributed by atoms with Crippen molar-refractivity contribution in [3.05, 3.63) is 30.3 Å². The zero-order valence-electron chi connectivity index (χ0n) is 14.8. The van der Waals surface area contributed by atoms with E-state index in [1.54, 1.807) is 16.8 Å². The number of hydrogen-bond donors (Lipinski definition) is 2. The Morgan fingerprint density at radius 2 is 1.89 bits per heavy atom. The number of nitrogens with two attached hydrogens (primary N) is 1. The van der Waals surface area contributed by atoms with Crippen molar-refractivity contribution < 1.29 is 14.4 Å². The molecule has 3 heterocycles. The minimum Gasteiger partial charge on any atom is -0.493 e. The minimum absolute atomic E-state index is 0.0191. The third-order valence-corrected chi connectivity index (χ3v) is 4.78. The maximum atomic E-state index is 10.4. The summed E-state index contributed by atoms with van der Waals surface area (Å²) in [6.45, 7) is 0. The summed E-state index contributed by atoms with van der Waals surface area (Å²) < 4.78 is 12.7.